The van der Waals surface area contributed by atoms with Crippen molar-refractivity contribution in [3.63, 3.8) is 0 Å². The Morgan fingerprint density at radius 1 is 1.23 bits per heavy atom. The second-order valence-electron chi connectivity index (χ2n) is 6.58. The lowest BCUT2D eigenvalue weighted by atomic mass is 10.2. The summed E-state index contributed by atoms with van der Waals surface area (Å²) in [6, 6.07) is 0.188. The van der Waals surface area contributed by atoms with Crippen LogP contribution in [0.5, 0.6) is 0 Å². The molecule has 3 heterocycles. The predicted molar refractivity (Wildman–Crippen MR) is 77.0 cm³/mol. The molecule has 1 saturated heterocycles. The van der Waals surface area contributed by atoms with E-state index in [1.54, 1.807) is 0 Å². The molecular formula is C15H21N5O2. The van der Waals surface area contributed by atoms with Crippen LogP contribution in [0.2, 0.25) is 0 Å². The zero-order valence-corrected chi connectivity index (χ0v) is 13.0. The fourth-order valence-electron chi connectivity index (χ4n) is 2.92. The van der Waals surface area contributed by atoms with Gasteiger partial charge in [-0.25, -0.2) is 0 Å². The Morgan fingerprint density at radius 3 is 2.82 bits per heavy atom. The molecule has 7 nitrogen and oxygen atoms in total. The van der Waals surface area contributed by atoms with Gasteiger partial charge in [0.25, 0.3) is 0 Å². The minimum atomic E-state index is 0.188. The van der Waals surface area contributed by atoms with E-state index in [1.165, 1.54) is 12.8 Å². The molecule has 1 aliphatic heterocycles. The Hall–Kier alpha value is -1.76. The quantitative estimate of drug-likeness (QED) is 0.840. The van der Waals surface area contributed by atoms with Crippen molar-refractivity contribution in [3.05, 3.63) is 23.5 Å². The molecule has 0 amide bonds. The summed E-state index contributed by atoms with van der Waals surface area (Å²) in [5, 5.41) is 12.5. The molecule has 0 unspecified atom stereocenters. The van der Waals surface area contributed by atoms with Crippen LogP contribution in [-0.2, 0) is 6.54 Å². The first-order valence-corrected chi connectivity index (χ1v) is 8.10. The highest BCUT2D eigenvalue weighted by Crippen LogP contribution is 2.39. The van der Waals surface area contributed by atoms with Gasteiger partial charge >= 0.3 is 0 Å². The number of nitrogens with zero attached hydrogens (tertiary/aromatic N) is 5. The maximum atomic E-state index is 5.77. The highest BCUT2D eigenvalue weighted by atomic mass is 16.5. The Bertz CT molecular complexity index is 646. The second-order valence-corrected chi connectivity index (χ2v) is 6.58. The molecular weight excluding hydrogens is 282 g/mol. The van der Waals surface area contributed by atoms with Crippen molar-refractivity contribution >= 4 is 0 Å². The van der Waals surface area contributed by atoms with E-state index in [0.29, 0.717) is 24.2 Å². The van der Waals surface area contributed by atoms with E-state index in [2.05, 4.69) is 39.1 Å². The summed E-state index contributed by atoms with van der Waals surface area (Å²) in [6.45, 7) is 5.77. The zero-order chi connectivity index (χ0) is 15.1. The van der Waals surface area contributed by atoms with Crippen LogP contribution in [0, 0.1) is 0 Å². The number of rotatable bonds is 5. The first kappa shape index (κ1) is 13.9. The molecule has 2 fully saturated rings. The summed E-state index contributed by atoms with van der Waals surface area (Å²) in [4.78, 5) is 6.85. The standard InChI is InChI=1S/C15H21N5O2/c1-9(2)14-16-13(19-22-14)11-4-3-7-20(11)8-12-17-18-15(21-12)10-5-6-10/h9-11H,3-8H2,1-2H3/t11-/m1/s1. The minimum Gasteiger partial charge on any atom is -0.424 e. The van der Waals surface area contributed by atoms with E-state index in [-0.39, 0.29) is 12.0 Å². The molecule has 0 spiro atoms. The van der Waals surface area contributed by atoms with E-state index in [0.717, 1.165) is 31.1 Å². The Kier molecular flexibility index (Phi) is 3.44. The van der Waals surface area contributed by atoms with Crippen molar-refractivity contribution in [1.29, 1.82) is 0 Å². The normalized spacial score (nSPS) is 22.8. The number of hydrogen-bond donors (Lipinski definition) is 0. The molecule has 0 N–H and O–H groups in total. The summed E-state index contributed by atoms with van der Waals surface area (Å²) in [6.07, 6.45) is 4.52. The third-order valence-corrected chi connectivity index (χ3v) is 4.36. The zero-order valence-electron chi connectivity index (χ0n) is 13.0. The smallest absolute Gasteiger partial charge is 0.230 e. The molecule has 2 aromatic heterocycles. The van der Waals surface area contributed by atoms with E-state index in [4.69, 9.17) is 8.94 Å². The average molecular weight is 303 g/mol. The minimum absolute atomic E-state index is 0.188. The van der Waals surface area contributed by atoms with Crippen LogP contribution in [0.15, 0.2) is 8.94 Å². The van der Waals surface area contributed by atoms with Gasteiger partial charge in [-0.1, -0.05) is 19.0 Å². The van der Waals surface area contributed by atoms with Crippen LogP contribution in [0.4, 0.5) is 0 Å². The van der Waals surface area contributed by atoms with E-state index in [9.17, 15) is 0 Å². The fourth-order valence-corrected chi connectivity index (χ4v) is 2.92. The fraction of sp³-hybridized carbons (Fsp3) is 0.733. The van der Waals surface area contributed by atoms with E-state index in [1.807, 2.05) is 0 Å². The van der Waals surface area contributed by atoms with Crippen LogP contribution in [0.3, 0.4) is 0 Å². The molecule has 0 radical (unpaired) electrons. The van der Waals surface area contributed by atoms with Gasteiger partial charge < -0.3 is 8.94 Å². The SMILES string of the molecule is CC(C)c1nc([C@H]2CCCN2Cc2nnc(C3CC3)o2)no1. The maximum absolute atomic E-state index is 5.77. The molecule has 0 bridgehead atoms. The Balaban J connectivity index is 1.47. The highest BCUT2D eigenvalue weighted by molar-refractivity contribution is 5.02. The third-order valence-electron chi connectivity index (χ3n) is 4.36. The van der Waals surface area contributed by atoms with Crippen molar-refractivity contribution < 1.29 is 8.94 Å². The van der Waals surface area contributed by atoms with Gasteiger partial charge in [-0.15, -0.1) is 10.2 Å². The largest absolute Gasteiger partial charge is 0.424 e. The predicted octanol–water partition coefficient (Wildman–Crippen LogP) is 2.79. The van der Waals surface area contributed by atoms with Gasteiger partial charge in [0, 0.05) is 11.8 Å². The molecule has 0 aromatic carbocycles. The van der Waals surface area contributed by atoms with Crippen molar-refractivity contribution in [3.8, 4) is 0 Å². The summed E-state index contributed by atoms with van der Waals surface area (Å²) >= 11 is 0. The Labute approximate surface area is 129 Å². The molecule has 1 aliphatic carbocycles. The van der Waals surface area contributed by atoms with Gasteiger partial charge in [-0.3, -0.25) is 4.90 Å². The summed E-state index contributed by atoms with van der Waals surface area (Å²) in [7, 11) is 0. The topological polar surface area (TPSA) is 81.1 Å². The lowest BCUT2D eigenvalue weighted by molar-refractivity contribution is 0.210. The number of aromatic nitrogens is 4. The molecule has 118 valence electrons. The van der Waals surface area contributed by atoms with Crippen LogP contribution in [0.1, 0.15) is 80.9 Å². The summed E-state index contributed by atoms with van der Waals surface area (Å²) < 4.78 is 11.1. The first-order chi connectivity index (χ1) is 10.7. The summed E-state index contributed by atoms with van der Waals surface area (Å²) in [5.41, 5.74) is 0. The second kappa shape index (κ2) is 5.46. The van der Waals surface area contributed by atoms with Crippen LogP contribution in [-0.4, -0.2) is 31.8 Å². The van der Waals surface area contributed by atoms with Gasteiger partial charge in [0.1, 0.15) is 0 Å². The molecule has 2 aromatic rings. The molecule has 2 aliphatic rings. The van der Waals surface area contributed by atoms with Gasteiger partial charge in [0.05, 0.1) is 12.6 Å². The van der Waals surface area contributed by atoms with Crippen molar-refractivity contribution in [2.45, 2.75) is 64.0 Å². The van der Waals surface area contributed by atoms with Crippen LogP contribution >= 0.6 is 0 Å². The van der Waals surface area contributed by atoms with Crippen molar-refractivity contribution in [2.75, 3.05) is 6.54 Å². The molecule has 22 heavy (non-hydrogen) atoms. The van der Waals surface area contributed by atoms with Gasteiger partial charge in [0.15, 0.2) is 5.82 Å². The van der Waals surface area contributed by atoms with Gasteiger partial charge in [-0.2, -0.15) is 4.98 Å². The molecule has 1 saturated carbocycles. The molecule has 7 heteroatoms. The van der Waals surface area contributed by atoms with E-state index >= 15 is 0 Å². The van der Waals surface area contributed by atoms with Gasteiger partial charge in [0.2, 0.25) is 17.7 Å². The van der Waals surface area contributed by atoms with Crippen LogP contribution in [0.25, 0.3) is 0 Å². The Morgan fingerprint density at radius 2 is 2.09 bits per heavy atom. The third kappa shape index (κ3) is 2.65. The molecule has 4 rings (SSSR count). The number of likely N-dealkylation sites (tertiary alicyclic amines) is 1. The van der Waals surface area contributed by atoms with Crippen LogP contribution < -0.4 is 0 Å². The number of hydrogen-bond acceptors (Lipinski definition) is 7. The molecule has 1 atom stereocenters. The van der Waals surface area contributed by atoms with Crippen molar-refractivity contribution in [2.24, 2.45) is 0 Å². The summed E-state index contributed by atoms with van der Waals surface area (Å²) in [5.74, 6) is 3.74. The van der Waals surface area contributed by atoms with Gasteiger partial charge in [-0.05, 0) is 32.2 Å². The highest BCUT2D eigenvalue weighted by Gasteiger charge is 2.33. The monoisotopic (exact) mass is 303 g/mol. The lowest BCUT2D eigenvalue weighted by Crippen LogP contribution is -2.23. The maximum Gasteiger partial charge on any atom is 0.230 e. The first-order valence-electron chi connectivity index (χ1n) is 8.10. The van der Waals surface area contributed by atoms with Crippen molar-refractivity contribution in [1.82, 2.24) is 25.2 Å². The van der Waals surface area contributed by atoms with E-state index < -0.39 is 0 Å². The lowest BCUT2D eigenvalue weighted by Gasteiger charge is -2.19. The average Bonchev–Trinajstić information content (AvgIpc) is 2.95.